The summed E-state index contributed by atoms with van der Waals surface area (Å²) >= 11 is 0. The third-order valence-corrected chi connectivity index (χ3v) is 4.52. The fraction of sp³-hybridized carbons (Fsp3) is 0.786. The van der Waals surface area contributed by atoms with E-state index in [4.69, 9.17) is 4.74 Å². The summed E-state index contributed by atoms with van der Waals surface area (Å²) in [7, 11) is 0. The number of carbonyl (C=O) groups excluding carboxylic acids is 1. The molecule has 1 aliphatic carbocycles. The first-order chi connectivity index (χ1) is 10.6. The number of aromatic nitrogens is 2. The Morgan fingerprint density at radius 1 is 1.36 bits per heavy atom. The van der Waals surface area contributed by atoms with Crippen molar-refractivity contribution in [3.8, 4) is 0 Å². The molecule has 1 aromatic rings. The van der Waals surface area contributed by atoms with Gasteiger partial charge in [0.05, 0.1) is 31.8 Å². The molecule has 1 saturated heterocycles. The molecule has 2 heterocycles. The van der Waals surface area contributed by atoms with Gasteiger partial charge in [-0.25, -0.2) is 4.63 Å². The SMILES string of the molecule is Cc1nonc1CC(=O)N[C@@H]1CC[C@@H](N2CCOCC2)[C@@H]1O. The largest absolute Gasteiger partial charge is 0.389 e. The van der Waals surface area contributed by atoms with E-state index in [-0.39, 0.29) is 24.4 Å². The molecule has 3 atom stereocenters. The van der Waals surface area contributed by atoms with Crippen LogP contribution in [-0.2, 0) is 16.0 Å². The van der Waals surface area contributed by atoms with Gasteiger partial charge in [-0.3, -0.25) is 9.69 Å². The Labute approximate surface area is 128 Å². The summed E-state index contributed by atoms with van der Waals surface area (Å²) in [6.07, 6.45) is 1.25. The third kappa shape index (κ3) is 3.29. The smallest absolute Gasteiger partial charge is 0.226 e. The first-order valence-electron chi connectivity index (χ1n) is 7.72. The highest BCUT2D eigenvalue weighted by atomic mass is 16.6. The van der Waals surface area contributed by atoms with Crippen LogP contribution in [0.2, 0.25) is 0 Å². The summed E-state index contributed by atoms with van der Waals surface area (Å²) in [5.41, 5.74) is 1.16. The highest BCUT2D eigenvalue weighted by Crippen LogP contribution is 2.25. The molecule has 0 bridgehead atoms. The van der Waals surface area contributed by atoms with Crippen LogP contribution in [0, 0.1) is 6.92 Å². The second-order valence-electron chi connectivity index (χ2n) is 5.93. The van der Waals surface area contributed by atoms with Crippen molar-refractivity contribution in [3.05, 3.63) is 11.4 Å². The molecule has 0 radical (unpaired) electrons. The summed E-state index contributed by atoms with van der Waals surface area (Å²) in [4.78, 5) is 14.3. The maximum absolute atomic E-state index is 12.1. The molecule has 0 spiro atoms. The summed E-state index contributed by atoms with van der Waals surface area (Å²) < 4.78 is 9.93. The van der Waals surface area contributed by atoms with E-state index in [9.17, 15) is 9.90 Å². The van der Waals surface area contributed by atoms with Crippen molar-refractivity contribution in [1.29, 1.82) is 0 Å². The lowest BCUT2D eigenvalue weighted by Gasteiger charge is -2.34. The second-order valence-corrected chi connectivity index (χ2v) is 5.93. The summed E-state index contributed by atoms with van der Waals surface area (Å²) in [5.74, 6) is -0.162. The highest BCUT2D eigenvalue weighted by molar-refractivity contribution is 5.78. The van der Waals surface area contributed by atoms with Gasteiger partial charge in [0, 0.05) is 19.1 Å². The predicted octanol–water partition coefficient (Wildman–Crippen LogP) is -0.739. The predicted molar refractivity (Wildman–Crippen MR) is 76.1 cm³/mol. The molecule has 8 nitrogen and oxygen atoms in total. The van der Waals surface area contributed by atoms with Crippen LogP contribution in [0.25, 0.3) is 0 Å². The van der Waals surface area contributed by atoms with Crippen molar-refractivity contribution in [2.45, 2.75) is 44.4 Å². The maximum atomic E-state index is 12.1. The minimum Gasteiger partial charge on any atom is -0.389 e. The lowest BCUT2D eigenvalue weighted by molar-refractivity contribution is -0.122. The number of hydrogen-bond acceptors (Lipinski definition) is 7. The van der Waals surface area contributed by atoms with Crippen molar-refractivity contribution >= 4 is 5.91 Å². The van der Waals surface area contributed by atoms with Gasteiger partial charge in [-0.1, -0.05) is 10.3 Å². The Morgan fingerprint density at radius 3 is 2.82 bits per heavy atom. The van der Waals surface area contributed by atoms with Gasteiger partial charge in [0.1, 0.15) is 11.4 Å². The molecule has 0 unspecified atom stereocenters. The fourth-order valence-corrected chi connectivity index (χ4v) is 3.24. The Kier molecular flexibility index (Phi) is 4.70. The van der Waals surface area contributed by atoms with Gasteiger partial charge in [-0.2, -0.15) is 0 Å². The summed E-state index contributed by atoms with van der Waals surface area (Å²) in [5, 5.41) is 20.8. The van der Waals surface area contributed by atoms with Crippen LogP contribution >= 0.6 is 0 Å². The molecular formula is C14H22N4O4. The van der Waals surface area contributed by atoms with Crippen molar-refractivity contribution in [3.63, 3.8) is 0 Å². The quantitative estimate of drug-likeness (QED) is 0.755. The number of rotatable bonds is 4. The van der Waals surface area contributed by atoms with E-state index >= 15 is 0 Å². The minimum absolute atomic E-state index is 0.102. The molecule has 2 fully saturated rings. The summed E-state index contributed by atoms with van der Waals surface area (Å²) in [6.45, 7) is 4.84. The van der Waals surface area contributed by atoms with E-state index in [2.05, 4.69) is 25.2 Å². The molecule has 1 amide bonds. The van der Waals surface area contributed by atoms with E-state index in [0.717, 1.165) is 25.9 Å². The standard InChI is InChI=1S/C14H22N4O4/c1-9-11(17-22-16-9)8-13(19)15-10-2-3-12(14(10)20)18-4-6-21-7-5-18/h10,12,14,20H,2-8H2,1H3,(H,15,19)/t10-,12-,14-/m1/s1. The van der Waals surface area contributed by atoms with E-state index in [0.29, 0.717) is 24.6 Å². The van der Waals surface area contributed by atoms with Gasteiger partial charge in [0.2, 0.25) is 5.91 Å². The molecule has 22 heavy (non-hydrogen) atoms. The Balaban J connectivity index is 1.52. The van der Waals surface area contributed by atoms with Gasteiger partial charge < -0.3 is 15.2 Å². The monoisotopic (exact) mass is 310 g/mol. The molecule has 2 N–H and O–H groups in total. The number of aliphatic hydroxyl groups is 1. The third-order valence-electron chi connectivity index (χ3n) is 4.52. The molecule has 2 aliphatic rings. The van der Waals surface area contributed by atoms with Crippen molar-refractivity contribution in [1.82, 2.24) is 20.5 Å². The number of morpholine rings is 1. The average Bonchev–Trinajstić information content (AvgIpc) is 3.07. The number of ether oxygens (including phenoxy) is 1. The van der Waals surface area contributed by atoms with Crippen molar-refractivity contribution in [2.75, 3.05) is 26.3 Å². The highest BCUT2D eigenvalue weighted by Gasteiger charge is 2.39. The minimum atomic E-state index is -0.543. The molecule has 1 saturated carbocycles. The zero-order valence-electron chi connectivity index (χ0n) is 12.7. The van der Waals surface area contributed by atoms with E-state index in [1.807, 2.05) is 0 Å². The van der Waals surface area contributed by atoms with Crippen LogP contribution < -0.4 is 5.32 Å². The average molecular weight is 310 g/mol. The molecule has 1 aliphatic heterocycles. The van der Waals surface area contributed by atoms with Crippen LogP contribution in [0.3, 0.4) is 0 Å². The number of nitrogens with zero attached hydrogens (tertiary/aromatic N) is 3. The van der Waals surface area contributed by atoms with Crippen LogP contribution in [0.1, 0.15) is 24.2 Å². The lowest BCUT2D eigenvalue weighted by atomic mass is 10.1. The van der Waals surface area contributed by atoms with Crippen molar-refractivity contribution < 1.29 is 19.3 Å². The van der Waals surface area contributed by atoms with Crippen LogP contribution in [-0.4, -0.2) is 70.7 Å². The molecule has 8 heteroatoms. The van der Waals surface area contributed by atoms with Gasteiger partial charge in [-0.05, 0) is 19.8 Å². The number of hydrogen-bond donors (Lipinski definition) is 2. The van der Waals surface area contributed by atoms with Crippen LogP contribution in [0.15, 0.2) is 4.63 Å². The van der Waals surface area contributed by atoms with E-state index in [1.54, 1.807) is 6.92 Å². The Bertz CT molecular complexity index is 515. The maximum Gasteiger partial charge on any atom is 0.226 e. The van der Waals surface area contributed by atoms with Gasteiger partial charge in [-0.15, -0.1) is 0 Å². The molecule has 122 valence electrons. The molecule has 1 aromatic heterocycles. The Morgan fingerprint density at radius 2 is 2.14 bits per heavy atom. The lowest BCUT2D eigenvalue weighted by Crippen LogP contribution is -2.51. The zero-order chi connectivity index (χ0) is 15.5. The topological polar surface area (TPSA) is 101 Å². The number of nitrogens with one attached hydrogen (secondary N) is 1. The zero-order valence-corrected chi connectivity index (χ0v) is 12.7. The molecular weight excluding hydrogens is 288 g/mol. The van der Waals surface area contributed by atoms with E-state index < -0.39 is 6.10 Å². The number of carbonyl (C=O) groups is 1. The van der Waals surface area contributed by atoms with Gasteiger partial charge in [0.15, 0.2) is 0 Å². The van der Waals surface area contributed by atoms with Crippen molar-refractivity contribution in [2.24, 2.45) is 0 Å². The summed E-state index contributed by atoms with van der Waals surface area (Å²) in [6, 6.07) is -0.106. The van der Waals surface area contributed by atoms with Crippen LogP contribution in [0.5, 0.6) is 0 Å². The van der Waals surface area contributed by atoms with Gasteiger partial charge >= 0.3 is 0 Å². The van der Waals surface area contributed by atoms with Gasteiger partial charge in [0.25, 0.3) is 0 Å². The normalized spacial score (nSPS) is 29.6. The number of aryl methyl sites for hydroxylation is 1. The fourth-order valence-electron chi connectivity index (χ4n) is 3.24. The second kappa shape index (κ2) is 6.72. The molecule has 3 rings (SSSR count). The molecule has 0 aromatic carbocycles. The first-order valence-corrected chi connectivity index (χ1v) is 7.72. The first kappa shape index (κ1) is 15.4. The number of amides is 1. The number of aliphatic hydroxyl groups excluding tert-OH is 1. The Hall–Kier alpha value is -1.51. The van der Waals surface area contributed by atoms with E-state index in [1.165, 1.54) is 0 Å². The van der Waals surface area contributed by atoms with Crippen LogP contribution in [0.4, 0.5) is 0 Å².